The van der Waals surface area contributed by atoms with E-state index < -0.39 is 29.3 Å². The third kappa shape index (κ3) is 5.78. The molecule has 0 spiro atoms. The van der Waals surface area contributed by atoms with Crippen molar-refractivity contribution in [2.24, 2.45) is 0 Å². The molecule has 0 radical (unpaired) electrons. The highest BCUT2D eigenvalue weighted by atomic mass is 19.1. The van der Waals surface area contributed by atoms with Crippen LogP contribution >= 0.6 is 0 Å². The molecule has 1 saturated carbocycles. The van der Waals surface area contributed by atoms with Gasteiger partial charge in [-0.3, -0.25) is 24.1 Å². The van der Waals surface area contributed by atoms with Crippen LogP contribution < -0.4 is 10.6 Å². The van der Waals surface area contributed by atoms with Gasteiger partial charge in [0.15, 0.2) is 5.65 Å². The molecular formula is C29H28FN5O5. The third-order valence-electron chi connectivity index (χ3n) is 7.13. The smallest absolute Gasteiger partial charge is 0.305 e. The van der Waals surface area contributed by atoms with E-state index in [1.807, 2.05) is 0 Å². The van der Waals surface area contributed by atoms with Crippen LogP contribution in [0.2, 0.25) is 0 Å². The van der Waals surface area contributed by atoms with Crippen molar-refractivity contribution in [2.75, 3.05) is 5.32 Å². The number of amides is 1. The average Bonchev–Trinajstić information content (AvgIpc) is 3.31. The summed E-state index contributed by atoms with van der Waals surface area (Å²) in [7, 11) is 0. The minimum atomic E-state index is -1.17. The molecule has 0 bridgehead atoms. The van der Waals surface area contributed by atoms with Gasteiger partial charge in [-0.15, -0.1) is 0 Å². The van der Waals surface area contributed by atoms with E-state index in [0.29, 0.717) is 28.3 Å². The summed E-state index contributed by atoms with van der Waals surface area (Å²) in [5.41, 5.74) is 1.86. The van der Waals surface area contributed by atoms with Crippen LogP contribution in [0.15, 0.2) is 66.9 Å². The van der Waals surface area contributed by atoms with Crippen LogP contribution in [0.5, 0.6) is 0 Å². The Morgan fingerprint density at radius 3 is 2.55 bits per heavy atom. The first-order valence-corrected chi connectivity index (χ1v) is 13.1. The fourth-order valence-electron chi connectivity index (χ4n) is 5.15. The number of anilines is 1. The summed E-state index contributed by atoms with van der Waals surface area (Å²) in [6.07, 6.45) is 6.70. The number of nitrogens with zero attached hydrogens (tertiary/aromatic N) is 3. The molecule has 0 saturated heterocycles. The van der Waals surface area contributed by atoms with E-state index in [9.17, 15) is 29.2 Å². The molecule has 1 aliphatic rings. The number of aliphatic carboxylic acids is 1. The van der Waals surface area contributed by atoms with E-state index in [1.54, 1.807) is 34.9 Å². The van der Waals surface area contributed by atoms with Gasteiger partial charge < -0.3 is 15.7 Å². The highest BCUT2D eigenvalue weighted by Crippen LogP contribution is 2.33. The zero-order valence-corrected chi connectivity index (χ0v) is 21.5. The number of halogens is 1. The van der Waals surface area contributed by atoms with Crippen LogP contribution in [0.1, 0.15) is 60.5 Å². The Morgan fingerprint density at radius 1 is 1.10 bits per heavy atom. The summed E-state index contributed by atoms with van der Waals surface area (Å²) in [6, 6.07) is 14.0. The number of pyridine rings is 1. The lowest BCUT2D eigenvalue weighted by molar-refractivity contribution is -0.384. The topological polar surface area (TPSA) is 139 Å². The number of hydrogen-bond donors (Lipinski definition) is 3. The van der Waals surface area contributed by atoms with Gasteiger partial charge in [-0.2, -0.15) is 0 Å². The van der Waals surface area contributed by atoms with Crippen molar-refractivity contribution in [3.05, 3.63) is 93.9 Å². The largest absolute Gasteiger partial charge is 0.481 e. The molecule has 3 N–H and O–H groups in total. The summed E-state index contributed by atoms with van der Waals surface area (Å²) in [4.78, 5) is 40.7. The minimum absolute atomic E-state index is 0.198. The lowest BCUT2D eigenvalue weighted by atomic mass is 9.95. The Morgan fingerprint density at radius 2 is 1.85 bits per heavy atom. The Labute approximate surface area is 229 Å². The van der Waals surface area contributed by atoms with Crippen molar-refractivity contribution in [3.8, 4) is 11.3 Å². The van der Waals surface area contributed by atoms with Gasteiger partial charge in [0.25, 0.3) is 11.6 Å². The quantitative estimate of drug-likeness (QED) is 0.180. The molecule has 10 nitrogen and oxygen atoms in total. The first kappa shape index (κ1) is 26.8. The second kappa shape index (κ2) is 11.5. The molecule has 1 atom stereocenters. The Balaban J connectivity index is 1.54. The summed E-state index contributed by atoms with van der Waals surface area (Å²) >= 11 is 0. The maximum atomic E-state index is 13.7. The van der Waals surface area contributed by atoms with Gasteiger partial charge in [-0.1, -0.05) is 31.4 Å². The average molecular weight is 546 g/mol. The van der Waals surface area contributed by atoms with Gasteiger partial charge in [-0.25, -0.2) is 9.37 Å². The van der Waals surface area contributed by atoms with E-state index in [2.05, 4.69) is 10.6 Å². The molecule has 5 rings (SSSR count). The molecule has 40 heavy (non-hydrogen) atoms. The maximum absolute atomic E-state index is 13.7. The molecule has 1 aliphatic carbocycles. The third-order valence-corrected chi connectivity index (χ3v) is 7.13. The highest BCUT2D eigenvalue weighted by molar-refractivity contribution is 6.01. The Bertz CT molecular complexity index is 1560. The molecule has 0 aliphatic heterocycles. The van der Waals surface area contributed by atoms with Gasteiger partial charge in [0.05, 0.1) is 22.9 Å². The van der Waals surface area contributed by atoms with E-state index in [4.69, 9.17) is 4.98 Å². The lowest BCUT2D eigenvalue weighted by Crippen LogP contribution is -2.30. The van der Waals surface area contributed by atoms with Crippen LogP contribution in [0, 0.1) is 15.9 Å². The fourth-order valence-corrected chi connectivity index (χ4v) is 5.15. The van der Waals surface area contributed by atoms with Crippen LogP contribution in [0.25, 0.3) is 16.9 Å². The van der Waals surface area contributed by atoms with Crippen LogP contribution in [0.3, 0.4) is 0 Å². The lowest BCUT2D eigenvalue weighted by Gasteiger charge is -2.24. The molecule has 4 aromatic rings. The molecule has 2 aromatic heterocycles. The summed E-state index contributed by atoms with van der Waals surface area (Å²) in [6.45, 7) is 0. The standard InChI is InChI=1S/C29H28FN5O5/c30-20-13-11-18(12-14-20)26-28(31-21-7-2-1-3-8-21)34-15-5-10-23(27(34)33-26)29(38)32-24(17-25(36)37)19-6-4-9-22(16-19)35(39)40/h4-6,9-16,21,24,31H,1-3,7-8,17H2,(H,32,38)(H,36,37). The number of carboxylic acid groups (broad SMARTS) is 1. The molecule has 11 heteroatoms. The number of non-ortho nitro benzene ring substituents is 1. The number of nitro benzene ring substituents is 1. The predicted molar refractivity (Wildman–Crippen MR) is 147 cm³/mol. The van der Waals surface area contributed by atoms with Crippen LogP contribution in [-0.2, 0) is 4.79 Å². The number of aromatic nitrogens is 2. The maximum Gasteiger partial charge on any atom is 0.305 e. The monoisotopic (exact) mass is 545 g/mol. The number of nitrogens with one attached hydrogen (secondary N) is 2. The van der Waals surface area contributed by atoms with Gasteiger partial charge in [0.2, 0.25) is 0 Å². The molecule has 206 valence electrons. The number of imidazole rings is 1. The molecule has 2 heterocycles. The van der Waals surface area contributed by atoms with E-state index in [-0.39, 0.29) is 23.1 Å². The van der Waals surface area contributed by atoms with E-state index in [0.717, 1.165) is 25.7 Å². The first-order valence-electron chi connectivity index (χ1n) is 13.1. The van der Waals surface area contributed by atoms with Gasteiger partial charge in [0, 0.05) is 29.9 Å². The summed E-state index contributed by atoms with van der Waals surface area (Å²) < 4.78 is 15.5. The number of rotatable bonds is 9. The second-order valence-electron chi connectivity index (χ2n) is 9.89. The number of nitro groups is 1. The zero-order chi connectivity index (χ0) is 28.2. The SMILES string of the molecule is O=C(O)CC(NC(=O)c1cccn2c(NC3CCCCC3)c(-c3ccc(F)cc3)nc12)c1cccc([N+](=O)[O-])c1. The fraction of sp³-hybridized carbons (Fsp3) is 0.276. The van der Waals surface area contributed by atoms with E-state index >= 15 is 0 Å². The van der Waals surface area contributed by atoms with Crippen molar-refractivity contribution in [3.63, 3.8) is 0 Å². The number of fused-ring (bicyclic) bond motifs is 1. The number of carbonyl (C=O) groups excluding carboxylic acids is 1. The first-order chi connectivity index (χ1) is 19.3. The van der Waals surface area contributed by atoms with Gasteiger partial charge >= 0.3 is 5.97 Å². The van der Waals surface area contributed by atoms with Crippen molar-refractivity contribution in [1.82, 2.24) is 14.7 Å². The molecule has 1 unspecified atom stereocenters. The summed E-state index contributed by atoms with van der Waals surface area (Å²) in [5, 5.41) is 27.1. The normalized spacial score (nSPS) is 14.5. The molecule has 1 amide bonds. The number of carboxylic acids is 1. The Hall–Kier alpha value is -4.80. The van der Waals surface area contributed by atoms with Crippen molar-refractivity contribution < 1.29 is 24.0 Å². The van der Waals surface area contributed by atoms with Crippen LogP contribution in [0.4, 0.5) is 15.9 Å². The minimum Gasteiger partial charge on any atom is -0.481 e. The highest BCUT2D eigenvalue weighted by Gasteiger charge is 2.25. The number of carbonyl (C=O) groups is 2. The van der Waals surface area contributed by atoms with Crippen molar-refractivity contribution in [1.29, 1.82) is 0 Å². The van der Waals surface area contributed by atoms with Crippen molar-refractivity contribution >= 4 is 29.0 Å². The zero-order valence-electron chi connectivity index (χ0n) is 21.5. The molecular weight excluding hydrogens is 517 g/mol. The summed E-state index contributed by atoms with van der Waals surface area (Å²) in [5.74, 6) is -1.44. The Kier molecular flexibility index (Phi) is 7.72. The number of hydrogen-bond acceptors (Lipinski definition) is 6. The van der Waals surface area contributed by atoms with E-state index in [1.165, 1.54) is 42.8 Å². The predicted octanol–water partition coefficient (Wildman–Crippen LogP) is 5.74. The van der Waals surface area contributed by atoms with Crippen molar-refractivity contribution in [2.45, 2.75) is 50.6 Å². The van der Waals surface area contributed by atoms with Gasteiger partial charge in [-0.05, 0) is 54.8 Å². The molecule has 1 fully saturated rings. The molecule has 2 aromatic carbocycles. The van der Waals surface area contributed by atoms with Gasteiger partial charge in [0.1, 0.15) is 17.3 Å². The second-order valence-corrected chi connectivity index (χ2v) is 9.89. The number of benzene rings is 2. The van der Waals surface area contributed by atoms with Crippen LogP contribution in [-0.4, -0.2) is 37.3 Å².